The maximum Gasteiger partial charge on any atom is 0.244 e. The van der Waals surface area contributed by atoms with Crippen molar-refractivity contribution in [1.82, 2.24) is 10.2 Å². The molecule has 0 saturated heterocycles. The normalized spacial score (nSPS) is 12.3. The van der Waals surface area contributed by atoms with Crippen molar-refractivity contribution < 1.29 is 22.4 Å². The van der Waals surface area contributed by atoms with E-state index < -0.39 is 40.2 Å². The van der Waals surface area contributed by atoms with Gasteiger partial charge >= 0.3 is 0 Å². The molecule has 0 aromatic heterocycles. The van der Waals surface area contributed by atoms with Gasteiger partial charge in [-0.1, -0.05) is 41.9 Å². The van der Waals surface area contributed by atoms with Gasteiger partial charge in [0.1, 0.15) is 18.4 Å². The number of carbonyl (C=O) groups is 2. The number of rotatable bonds is 9. The molecule has 0 spiro atoms. The number of benzene rings is 2. The fourth-order valence-electron chi connectivity index (χ4n) is 3.05. The van der Waals surface area contributed by atoms with Crippen molar-refractivity contribution in [2.24, 2.45) is 0 Å². The van der Waals surface area contributed by atoms with Gasteiger partial charge in [-0.15, -0.1) is 0 Å². The Morgan fingerprint density at radius 2 is 1.66 bits per heavy atom. The van der Waals surface area contributed by atoms with Crippen molar-refractivity contribution in [2.45, 2.75) is 39.4 Å². The molecule has 2 aromatic rings. The summed E-state index contributed by atoms with van der Waals surface area (Å²) in [6, 6.07) is 11.0. The summed E-state index contributed by atoms with van der Waals surface area (Å²) in [6.45, 7) is 4.41. The Labute approximate surface area is 193 Å². The third-order valence-electron chi connectivity index (χ3n) is 4.70. The number of carbonyl (C=O) groups excluding carboxylic acids is 2. The minimum atomic E-state index is -4.00. The molecule has 174 valence electrons. The molecule has 0 radical (unpaired) electrons. The molecular formula is C22H27ClFN3O4S. The van der Waals surface area contributed by atoms with E-state index in [1.807, 2.05) is 0 Å². The monoisotopic (exact) mass is 483 g/mol. The number of para-hydroxylation sites is 1. The molecule has 0 saturated carbocycles. The summed E-state index contributed by atoms with van der Waals surface area (Å²) in [7, 11) is -4.00. The Morgan fingerprint density at radius 1 is 1.06 bits per heavy atom. The number of sulfonamides is 1. The van der Waals surface area contributed by atoms with Gasteiger partial charge in [-0.3, -0.25) is 13.9 Å². The number of halogens is 2. The summed E-state index contributed by atoms with van der Waals surface area (Å²) in [6.07, 6.45) is 0.889. The summed E-state index contributed by atoms with van der Waals surface area (Å²) in [5.74, 6) is -1.86. The van der Waals surface area contributed by atoms with Gasteiger partial charge in [-0.05, 0) is 44.5 Å². The van der Waals surface area contributed by atoms with Crippen molar-refractivity contribution in [1.29, 1.82) is 0 Å². The van der Waals surface area contributed by atoms with Crippen LogP contribution in [0.5, 0.6) is 0 Å². The van der Waals surface area contributed by atoms with Crippen LogP contribution < -0.4 is 9.62 Å². The van der Waals surface area contributed by atoms with Crippen LogP contribution in [0.15, 0.2) is 48.5 Å². The van der Waals surface area contributed by atoms with E-state index in [4.69, 9.17) is 11.6 Å². The highest BCUT2D eigenvalue weighted by atomic mass is 35.5. The van der Waals surface area contributed by atoms with E-state index in [0.717, 1.165) is 12.3 Å². The van der Waals surface area contributed by atoms with Crippen LogP contribution in [-0.4, -0.2) is 50.0 Å². The SMILES string of the molecule is CC(C)NC(=O)[C@H](C)N(Cc1ccccc1Cl)C(=O)CN(c1ccccc1F)S(C)(=O)=O. The molecule has 2 amide bonds. The van der Waals surface area contributed by atoms with E-state index in [9.17, 15) is 22.4 Å². The quantitative estimate of drug-likeness (QED) is 0.593. The summed E-state index contributed by atoms with van der Waals surface area (Å²) in [5.41, 5.74) is 0.337. The van der Waals surface area contributed by atoms with Crippen LogP contribution in [0.2, 0.25) is 5.02 Å². The fraction of sp³-hybridized carbons (Fsp3) is 0.364. The second kappa shape index (κ2) is 10.8. The smallest absolute Gasteiger partial charge is 0.244 e. The zero-order valence-electron chi connectivity index (χ0n) is 18.4. The Morgan fingerprint density at radius 3 is 2.22 bits per heavy atom. The van der Waals surface area contributed by atoms with Gasteiger partial charge in [-0.2, -0.15) is 0 Å². The highest BCUT2D eigenvalue weighted by Gasteiger charge is 2.31. The zero-order chi connectivity index (χ0) is 24.1. The van der Waals surface area contributed by atoms with E-state index in [1.54, 1.807) is 45.0 Å². The van der Waals surface area contributed by atoms with Gasteiger partial charge in [0.15, 0.2) is 0 Å². The predicted molar refractivity (Wildman–Crippen MR) is 123 cm³/mol. The molecule has 1 N–H and O–H groups in total. The van der Waals surface area contributed by atoms with Gasteiger partial charge < -0.3 is 10.2 Å². The zero-order valence-corrected chi connectivity index (χ0v) is 20.0. The lowest BCUT2D eigenvalue weighted by Gasteiger charge is -2.32. The van der Waals surface area contributed by atoms with E-state index in [1.165, 1.54) is 23.1 Å². The third-order valence-corrected chi connectivity index (χ3v) is 6.19. The second-order valence-electron chi connectivity index (χ2n) is 7.67. The molecule has 0 bridgehead atoms. The lowest BCUT2D eigenvalue weighted by atomic mass is 10.1. The van der Waals surface area contributed by atoms with Crippen molar-refractivity contribution in [3.05, 3.63) is 64.9 Å². The van der Waals surface area contributed by atoms with Gasteiger partial charge in [-0.25, -0.2) is 12.8 Å². The summed E-state index contributed by atoms with van der Waals surface area (Å²) < 4.78 is 39.8. The average molecular weight is 484 g/mol. The molecule has 32 heavy (non-hydrogen) atoms. The highest BCUT2D eigenvalue weighted by Crippen LogP contribution is 2.23. The molecule has 0 aliphatic heterocycles. The molecular weight excluding hydrogens is 457 g/mol. The molecule has 0 fully saturated rings. The summed E-state index contributed by atoms with van der Waals surface area (Å²) in [5, 5.41) is 3.14. The maximum atomic E-state index is 14.3. The molecule has 2 aromatic carbocycles. The van der Waals surface area contributed by atoms with Crippen molar-refractivity contribution >= 4 is 39.1 Å². The van der Waals surface area contributed by atoms with E-state index >= 15 is 0 Å². The van der Waals surface area contributed by atoms with Gasteiger partial charge in [0.05, 0.1) is 11.9 Å². The highest BCUT2D eigenvalue weighted by molar-refractivity contribution is 7.92. The predicted octanol–water partition coefficient (Wildman–Crippen LogP) is 3.19. The molecule has 0 unspecified atom stereocenters. The lowest BCUT2D eigenvalue weighted by Crippen LogP contribution is -2.52. The first kappa shape index (κ1) is 25.6. The van der Waals surface area contributed by atoms with Crippen molar-refractivity contribution in [3.8, 4) is 0 Å². The fourth-order valence-corrected chi connectivity index (χ4v) is 4.09. The van der Waals surface area contributed by atoms with Crippen LogP contribution in [0.4, 0.5) is 10.1 Å². The van der Waals surface area contributed by atoms with Crippen LogP contribution in [0, 0.1) is 5.82 Å². The number of nitrogens with zero attached hydrogens (tertiary/aromatic N) is 2. The van der Waals surface area contributed by atoms with Crippen molar-refractivity contribution in [3.63, 3.8) is 0 Å². The van der Waals surface area contributed by atoms with Gasteiger partial charge in [0.25, 0.3) is 0 Å². The summed E-state index contributed by atoms with van der Waals surface area (Å²) in [4.78, 5) is 27.2. The average Bonchev–Trinajstić information content (AvgIpc) is 2.70. The standard InChI is InChI=1S/C22H27ClFN3O4S/c1-15(2)25-22(29)16(3)26(13-17-9-5-6-10-18(17)23)21(28)14-27(32(4,30)31)20-12-8-7-11-19(20)24/h5-12,15-16H,13-14H2,1-4H3,(H,25,29)/t16-/m0/s1. The van der Waals surface area contributed by atoms with Crippen LogP contribution in [0.25, 0.3) is 0 Å². The largest absolute Gasteiger partial charge is 0.352 e. The molecule has 0 aliphatic rings. The maximum absolute atomic E-state index is 14.3. The first-order valence-corrected chi connectivity index (χ1v) is 12.2. The van der Waals surface area contributed by atoms with Crippen LogP contribution in [0.1, 0.15) is 26.3 Å². The Kier molecular flexibility index (Phi) is 8.63. The lowest BCUT2D eigenvalue weighted by molar-refractivity contribution is -0.139. The number of nitrogens with one attached hydrogen (secondary N) is 1. The molecule has 1 atom stereocenters. The number of hydrogen-bond acceptors (Lipinski definition) is 4. The first-order valence-electron chi connectivity index (χ1n) is 9.97. The molecule has 2 rings (SSSR count). The number of anilines is 1. The van der Waals surface area contributed by atoms with E-state index in [2.05, 4.69) is 5.32 Å². The van der Waals surface area contributed by atoms with Crippen LogP contribution in [-0.2, 0) is 26.2 Å². The third kappa shape index (κ3) is 6.67. The van der Waals surface area contributed by atoms with Crippen molar-refractivity contribution in [2.75, 3.05) is 17.1 Å². The molecule has 10 heteroatoms. The number of amides is 2. The number of hydrogen-bond donors (Lipinski definition) is 1. The van der Waals surface area contributed by atoms with Crippen LogP contribution >= 0.6 is 11.6 Å². The molecule has 0 aliphatic carbocycles. The van der Waals surface area contributed by atoms with Gasteiger partial charge in [0.2, 0.25) is 21.8 Å². The molecule has 0 heterocycles. The van der Waals surface area contributed by atoms with E-state index in [0.29, 0.717) is 14.9 Å². The minimum absolute atomic E-state index is 0.0277. The van der Waals surface area contributed by atoms with E-state index in [-0.39, 0.29) is 18.3 Å². The first-order chi connectivity index (χ1) is 14.9. The Balaban J connectivity index is 2.42. The molecule has 7 nitrogen and oxygen atoms in total. The van der Waals surface area contributed by atoms with Gasteiger partial charge in [0, 0.05) is 17.6 Å². The summed E-state index contributed by atoms with van der Waals surface area (Å²) >= 11 is 6.24. The topological polar surface area (TPSA) is 86.8 Å². The second-order valence-corrected chi connectivity index (χ2v) is 9.99. The Bertz CT molecular complexity index is 1080. The van der Waals surface area contributed by atoms with Crippen LogP contribution in [0.3, 0.4) is 0 Å². The minimum Gasteiger partial charge on any atom is -0.352 e. The Hall–Kier alpha value is -2.65.